The molecule has 0 aromatic carbocycles. The van der Waals surface area contributed by atoms with Crippen molar-refractivity contribution in [2.45, 2.75) is 51.9 Å². The van der Waals surface area contributed by atoms with Gasteiger partial charge < -0.3 is 0 Å². The Labute approximate surface area is 82.7 Å². The van der Waals surface area contributed by atoms with Crippen LogP contribution in [-0.4, -0.2) is 6.54 Å². The van der Waals surface area contributed by atoms with E-state index >= 15 is 0 Å². The second kappa shape index (κ2) is 13.8. The molecule has 3 heteroatoms. The smallest absolute Gasteiger partial charge is 0.00974 e. The van der Waals surface area contributed by atoms with Crippen LogP contribution in [0.15, 0.2) is 0 Å². The minimum absolute atomic E-state index is 0. The molecule has 76 valence electrons. The molecule has 0 heterocycles. The van der Waals surface area contributed by atoms with E-state index in [1.54, 1.807) is 0 Å². The molecule has 0 aromatic heterocycles. The van der Waals surface area contributed by atoms with Gasteiger partial charge in [-0.05, 0) is 6.42 Å². The Bertz CT molecular complexity index is 61.5. The van der Waals surface area contributed by atoms with Crippen LogP contribution in [0.1, 0.15) is 51.9 Å². The van der Waals surface area contributed by atoms with Crippen molar-refractivity contribution < 1.29 is 0 Å². The van der Waals surface area contributed by atoms with Crippen molar-refractivity contribution in [3.05, 3.63) is 0 Å². The summed E-state index contributed by atoms with van der Waals surface area (Å²) >= 11 is 0. The molecule has 0 unspecified atom stereocenters. The van der Waals surface area contributed by atoms with Crippen LogP contribution in [-0.2, 0) is 0 Å². The fourth-order valence-corrected chi connectivity index (χ4v) is 1.18. The maximum absolute atomic E-state index is 5.14. The third-order valence-corrected chi connectivity index (χ3v) is 1.92. The average molecular weight is 195 g/mol. The Morgan fingerprint density at radius 2 is 1.42 bits per heavy atom. The highest BCUT2D eigenvalue weighted by molar-refractivity contribution is 5.85. The molecule has 0 spiro atoms. The second-order valence-corrected chi connectivity index (χ2v) is 3.08. The van der Waals surface area contributed by atoms with Gasteiger partial charge in [0.05, 0.1) is 0 Å². The van der Waals surface area contributed by atoms with Gasteiger partial charge in [-0.2, -0.15) is 0 Å². The summed E-state index contributed by atoms with van der Waals surface area (Å²) in [5.74, 6) is 5.14. The molecule has 0 aliphatic rings. The van der Waals surface area contributed by atoms with E-state index in [1.807, 2.05) is 0 Å². The lowest BCUT2D eigenvalue weighted by atomic mass is 10.1. The molecule has 12 heavy (non-hydrogen) atoms. The SMILES string of the molecule is CCCCCCCCCNN.Cl. The van der Waals surface area contributed by atoms with E-state index in [0.29, 0.717) is 0 Å². The molecule has 2 nitrogen and oxygen atoms in total. The molecule has 0 aliphatic heterocycles. The average Bonchev–Trinajstić information content (AvgIpc) is 2.03. The first-order valence-electron chi connectivity index (χ1n) is 4.85. The van der Waals surface area contributed by atoms with Crippen LogP contribution in [0.5, 0.6) is 0 Å². The molecule has 0 radical (unpaired) electrons. The molecular weight excluding hydrogens is 172 g/mol. The molecule has 3 N–H and O–H groups in total. The Balaban J connectivity index is 0. The fraction of sp³-hybridized carbons (Fsp3) is 1.00. The van der Waals surface area contributed by atoms with E-state index in [9.17, 15) is 0 Å². The third kappa shape index (κ3) is 12.8. The molecule has 0 aliphatic carbocycles. The first-order chi connectivity index (χ1) is 5.41. The van der Waals surface area contributed by atoms with Crippen LogP contribution in [0.25, 0.3) is 0 Å². The van der Waals surface area contributed by atoms with Gasteiger partial charge in [-0.3, -0.25) is 11.3 Å². The van der Waals surface area contributed by atoms with Gasteiger partial charge in [-0.15, -0.1) is 12.4 Å². The standard InChI is InChI=1S/C9H22N2.ClH/c1-2-3-4-5-6-7-8-9-11-10;/h11H,2-10H2,1H3;1H. The highest BCUT2D eigenvalue weighted by Crippen LogP contribution is 2.05. The summed E-state index contributed by atoms with van der Waals surface area (Å²) in [6.07, 6.45) is 9.47. The monoisotopic (exact) mass is 194 g/mol. The van der Waals surface area contributed by atoms with E-state index in [4.69, 9.17) is 5.84 Å². The molecular formula is C9H23ClN2. The summed E-state index contributed by atoms with van der Waals surface area (Å²) in [6.45, 7) is 3.21. The number of nitrogens with two attached hydrogens (primary N) is 1. The predicted molar refractivity (Wildman–Crippen MR) is 57.4 cm³/mol. The van der Waals surface area contributed by atoms with Crippen LogP contribution in [0.2, 0.25) is 0 Å². The first kappa shape index (κ1) is 14.7. The Kier molecular flexibility index (Phi) is 16.9. The summed E-state index contributed by atoms with van der Waals surface area (Å²) in [7, 11) is 0. The first-order valence-corrected chi connectivity index (χ1v) is 4.85. The Morgan fingerprint density at radius 3 is 1.92 bits per heavy atom. The van der Waals surface area contributed by atoms with E-state index in [1.165, 1.54) is 44.9 Å². The summed E-state index contributed by atoms with van der Waals surface area (Å²) in [6, 6.07) is 0. The summed E-state index contributed by atoms with van der Waals surface area (Å²) in [5.41, 5.74) is 2.67. The maximum atomic E-state index is 5.14. The summed E-state index contributed by atoms with van der Waals surface area (Å²) in [5, 5.41) is 0. The van der Waals surface area contributed by atoms with Crippen molar-refractivity contribution in [2.24, 2.45) is 5.84 Å². The molecule has 0 bridgehead atoms. The lowest BCUT2D eigenvalue weighted by molar-refractivity contribution is 0.569. The van der Waals surface area contributed by atoms with Crippen molar-refractivity contribution in [1.82, 2.24) is 5.43 Å². The maximum Gasteiger partial charge on any atom is 0.00974 e. The highest BCUT2D eigenvalue weighted by atomic mass is 35.5. The van der Waals surface area contributed by atoms with E-state index in [-0.39, 0.29) is 12.4 Å². The van der Waals surface area contributed by atoms with Gasteiger partial charge in [-0.1, -0.05) is 45.4 Å². The van der Waals surface area contributed by atoms with Crippen LogP contribution in [0.4, 0.5) is 0 Å². The summed E-state index contributed by atoms with van der Waals surface area (Å²) in [4.78, 5) is 0. The van der Waals surface area contributed by atoms with Gasteiger partial charge in [0, 0.05) is 6.54 Å². The molecule has 0 fully saturated rings. The van der Waals surface area contributed by atoms with Gasteiger partial charge >= 0.3 is 0 Å². The van der Waals surface area contributed by atoms with E-state index in [2.05, 4.69) is 12.3 Å². The molecule has 0 atom stereocenters. The van der Waals surface area contributed by atoms with Gasteiger partial charge in [0.1, 0.15) is 0 Å². The normalized spacial score (nSPS) is 9.50. The van der Waals surface area contributed by atoms with Crippen molar-refractivity contribution in [3.8, 4) is 0 Å². The van der Waals surface area contributed by atoms with Crippen LogP contribution in [0, 0.1) is 0 Å². The number of unbranched alkanes of at least 4 members (excludes halogenated alkanes) is 6. The minimum Gasteiger partial charge on any atom is -0.271 e. The van der Waals surface area contributed by atoms with Gasteiger partial charge in [0.25, 0.3) is 0 Å². The number of hydrazine groups is 1. The van der Waals surface area contributed by atoms with Crippen molar-refractivity contribution in [3.63, 3.8) is 0 Å². The van der Waals surface area contributed by atoms with Gasteiger partial charge in [0.2, 0.25) is 0 Å². The number of nitrogens with one attached hydrogen (secondary N) is 1. The zero-order valence-electron chi connectivity index (χ0n) is 8.14. The highest BCUT2D eigenvalue weighted by Gasteiger charge is 1.88. The van der Waals surface area contributed by atoms with Crippen molar-refractivity contribution in [1.29, 1.82) is 0 Å². The van der Waals surface area contributed by atoms with Crippen LogP contribution >= 0.6 is 12.4 Å². The zero-order chi connectivity index (χ0) is 8.36. The third-order valence-electron chi connectivity index (χ3n) is 1.92. The Hall–Kier alpha value is 0.210. The number of rotatable bonds is 8. The van der Waals surface area contributed by atoms with Crippen molar-refractivity contribution >= 4 is 12.4 Å². The van der Waals surface area contributed by atoms with Crippen molar-refractivity contribution in [2.75, 3.05) is 6.54 Å². The molecule has 0 saturated carbocycles. The van der Waals surface area contributed by atoms with Crippen LogP contribution in [0.3, 0.4) is 0 Å². The predicted octanol–water partition coefficient (Wildman–Crippen LogP) is 2.62. The second-order valence-electron chi connectivity index (χ2n) is 3.08. The lowest BCUT2D eigenvalue weighted by Gasteiger charge is -1.99. The molecule has 0 amide bonds. The minimum atomic E-state index is 0. The van der Waals surface area contributed by atoms with Gasteiger partial charge in [-0.25, -0.2) is 0 Å². The Morgan fingerprint density at radius 1 is 0.917 bits per heavy atom. The number of hydrogen-bond donors (Lipinski definition) is 2. The van der Waals surface area contributed by atoms with Gasteiger partial charge in [0.15, 0.2) is 0 Å². The summed E-state index contributed by atoms with van der Waals surface area (Å²) < 4.78 is 0. The number of hydrogen-bond acceptors (Lipinski definition) is 2. The largest absolute Gasteiger partial charge is 0.271 e. The molecule has 0 saturated heterocycles. The molecule has 0 aromatic rings. The molecule has 0 rings (SSSR count). The topological polar surface area (TPSA) is 38.0 Å². The van der Waals surface area contributed by atoms with Crippen LogP contribution < -0.4 is 11.3 Å². The lowest BCUT2D eigenvalue weighted by Crippen LogP contribution is -2.22. The zero-order valence-corrected chi connectivity index (χ0v) is 8.96. The quantitative estimate of drug-likeness (QED) is 0.354. The fourth-order valence-electron chi connectivity index (χ4n) is 1.18. The van der Waals surface area contributed by atoms with E-state index in [0.717, 1.165) is 6.54 Å². The number of halogens is 1. The van der Waals surface area contributed by atoms with E-state index < -0.39 is 0 Å².